The fourth-order valence-corrected chi connectivity index (χ4v) is 3.29. The Morgan fingerprint density at radius 2 is 1.96 bits per heavy atom. The molecule has 3 aromatic rings. The maximum absolute atomic E-state index is 11.9. The van der Waals surface area contributed by atoms with Gasteiger partial charge in [0.1, 0.15) is 5.76 Å². The lowest BCUT2D eigenvalue weighted by Crippen LogP contribution is -2.26. The highest BCUT2D eigenvalue weighted by Gasteiger charge is 2.11. The number of nitrogens with one attached hydrogen (secondary N) is 1. The lowest BCUT2D eigenvalue weighted by Gasteiger charge is -2.03. The van der Waals surface area contributed by atoms with Crippen LogP contribution in [0.3, 0.4) is 0 Å². The van der Waals surface area contributed by atoms with Crippen LogP contribution in [-0.2, 0) is 17.6 Å². The third kappa shape index (κ3) is 4.79. The molecule has 1 N–H and O–H groups in total. The number of aryl methyl sites for hydroxylation is 3. The van der Waals surface area contributed by atoms with E-state index in [0.717, 1.165) is 23.4 Å². The van der Waals surface area contributed by atoms with Gasteiger partial charge in [0, 0.05) is 29.8 Å². The lowest BCUT2D eigenvalue weighted by molar-refractivity contribution is -0.121. The zero-order valence-corrected chi connectivity index (χ0v) is 15.4. The molecule has 4 nitrogen and oxygen atoms in total. The molecular weight excluding hydrogens is 332 g/mol. The van der Waals surface area contributed by atoms with Crippen molar-refractivity contribution < 1.29 is 9.21 Å². The van der Waals surface area contributed by atoms with Crippen molar-refractivity contribution in [3.63, 3.8) is 0 Å². The molecule has 0 aliphatic rings. The van der Waals surface area contributed by atoms with Gasteiger partial charge in [-0.05, 0) is 43.8 Å². The van der Waals surface area contributed by atoms with Crippen LogP contribution in [-0.4, -0.2) is 17.4 Å². The van der Waals surface area contributed by atoms with Gasteiger partial charge in [-0.2, -0.15) is 0 Å². The molecule has 0 saturated heterocycles. The minimum Gasteiger partial charge on any atom is -0.441 e. The molecule has 0 atom stereocenters. The van der Waals surface area contributed by atoms with E-state index in [4.69, 9.17) is 4.42 Å². The number of oxazole rings is 1. The van der Waals surface area contributed by atoms with E-state index in [1.54, 1.807) is 11.3 Å². The van der Waals surface area contributed by atoms with Gasteiger partial charge in [0.25, 0.3) is 0 Å². The Kier molecular flexibility index (Phi) is 5.66. The van der Waals surface area contributed by atoms with Gasteiger partial charge in [-0.25, -0.2) is 4.98 Å². The topological polar surface area (TPSA) is 55.1 Å². The van der Waals surface area contributed by atoms with Crippen LogP contribution in [0.1, 0.15) is 28.3 Å². The van der Waals surface area contributed by atoms with Crippen LogP contribution >= 0.6 is 11.3 Å². The van der Waals surface area contributed by atoms with Gasteiger partial charge < -0.3 is 9.73 Å². The average molecular weight is 354 g/mol. The summed E-state index contributed by atoms with van der Waals surface area (Å²) >= 11 is 1.69. The van der Waals surface area contributed by atoms with Gasteiger partial charge in [0.15, 0.2) is 0 Å². The summed E-state index contributed by atoms with van der Waals surface area (Å²) in [7, 11) is 0. The predicted octanol–water partition coefficient (Wildman–Crippen LogP) is 4.31. The van der Waals surface area contributed by atoms with Crippen molar-refractivity contribution in [3.05, 3.63) is 63.7 Å². The molecule has 3 rings (SSSR count). The molecule has 0 bridgehead atoms. The minimum atomic E-state index is 0.0771. The summed E-state index contributed by atoms with van der Waals surface area (Å²) in [5.74, 6) is 1.52. The number of benzene rings is 1. The Morgan fingerprint density at radius 3 is 2.68 bits per heavy atom. The zero-order valence-electron chi connectivity index (χ0n) is 14.5. The first-order valence-electron chi connectivity index (χ1n) is 8.44. The molecule has 0 saturated carbocycles. The molecule has 0 radical (unpaired) electrons. The number of hydrogen-bond donors (Lipinski definition) is 1. The number of carbonyl (C=O) groups is 1. The van der Waals surface area contributed by atoms with Gasteiger partial charge in [-0.1, -0.05) is 23.8 Å². The van der Waals surface area contributed by atoms with Gasteiger partial charge in [0.05, 0.1) is 5.69 Å². The Bertz CT molecular complexity index is 820. The summed E-state index contributed by atoms with van der Waals surface area (Å²) in [5, 5.41) is 5.00. The van der Waals surface area contributed by atoms with E-state index in [1.165, 1.54) is 10.4 Å². The fourth-order valence-electron chi connectivity index (χ4n) is 2.58. The zero-order chi connectivity index (χ0) is 17.6. The van der Waals surface area contributed by atoms with E-state index in [2.05, 4.69) is 23.3 Å². The third-order valence-electron chi connectivity index (χ3n) is 4.05. The van der Waals surface area contributed by atoms with Crippen molar-refractivity contribution in [1.82, 2.24) is 10.3 Å². The first kappa shape index (κ1) is 17.4. The van der Waals surface area contributed by atoms with Crippen LogP contribution in [0.4, 0.5) is 0 Å². The molecule has 5 heteroatoms. The molecule has 1 amide bonds. The highest BCUT2D eigenvalue weighted by atomic mass is 32.1. The van der Waals surface area contributed by atoms with Crippen molar-refractivity contribution in [2.24, 2.45) is 0 Å². The molecule has 0 aliphatic heterocycles. The quantitative estimate of drug-likeness (QED) is 0.688. The fraction of sp³-hybridized carbons (Fsp3) is 0.300. The van der Waals surface area contributed by atoms with E-state index < -0.39 is 0 Å². The van der Waals surface area contributed by atoms with E-state index in [-0.39, 0.29) is 5.91 Å². The standard InChI is InChI=1S/C20H22N2O2S/c1-14-5-7-16(8-6-14)20-22-18(15(2)24-20)11-12-21-19(23)10-9-17-4-3-13-25-17/h3-8,13H,9-12H2,1-2H3,(H,21,23). The van der Waals surface area contributed by atoms with Crippen LogP contribution in [0, 0.1) is 13.8 Å². The lowest BCUT2D eigenvalue weighted by atomic mass is 10.1. The first-order valence-corrected chi connectivity index (χ1v) is 9.32. The Hall–Kier alpha value is -2.40. The first-order chi connectivity index (χ1) is 12.1. The highest BCUT2D eigenvalue weighted by molar-refractivity contribution is 7.09. The normalized spacial score (nSPS) is 10.8. The third-order valence-corrected chi connectivity index (χ3v) is 4.99. The molecular formula is C20H22N2O2S. The smallest absolute Gasteiger partial charge is 0.226 e. The van der Waals surface area contributed by atoms with Crippen LogP contribution in [0.15, 0.2) is 46.2 Å². The monoisotopic (exact) mass is 354 g/mol. The number of rotatable bonds is 7. The summed E-state index contributed by atoms with van der Waals surface area (Å²) in [6.45, 7) is 4.54. The van der Waals surface area contributed by atoms with Gasteiger partial charge in [0.2, 0.25) is 11.8 Å². The maximum atomic E-state index is 11.9. The average Bonchev–Trinajstić information content (AvgIpc) is 3.24. The molecule has 1 aromatic carbocycles. The molecule has 0 spiro atoms. The van der Waals surface area contributed by atoms with E-state index in [0.29, 0.717) is 25.3 Å². The predicted molar refractivity (Wildman–Crippen MR) is 101 cm³/mol. The summed E-state index contributed by atoms with van der Waals surface area (Å²) < 4.78 is 5.77. The molecule has 0 fully saturated rings. The molecule has 2 aromatic heterocycles. The second-order valence-electron chi connectivity index (χ2n) is 6.07. The minimum absolute atomic E-state index is 0.0771. The number of hydrogen-bond acceptors (Lipinski definition) is 4. The van der Waals surface area contributed by atoms with Crippen LogP contribution in [0.2, 0.25) is 0 Å². The van der Waals surface area contributed by atoms with E-state index in [9.17, 15) is 4.79 Å². The Labute approximate surface area is 151 Å². The Morgan fingerprint density at radius 1 is 1.16 bits per heavy atom. The van der Waals surface area contributed by atoms with Gasteiger partial charge in [-0.3, -0.25) is 4.79 Å². The van der Waals surface area contributed by atoms with Gasteiger partial charge in [-0.15, -0.1) is 11.3 Å². The number of thiophene rings is 1. The number of amides is 1. The summed E-state index contributed by atoms with van der Waals surface area (Å²) in [6, 6.07) is 12.2. The van der Waals surface area contributed by atoms with Gasteiger partial charge >= 0.3 is 0 Å². The molecule has 130 valence electrons. The largest absolute Gasteiger partial charge is 0.441 e. The van der Waals surface area contributed by atoms with Crippen LogP contribution < -0.4 is 5.32 Å². The highest BCUT2D eigenvalue weighted by Crippen LogP contribution is 2.22. The van der Waals surface area contributed by atoms with Crippen molar-refractivity contribution in [2.45, 2.75) is 33.1 Å². The van der Waals surface area contributed by atoms with Crippen molar-refractivity contribution >= 4 is 17.2 Å². The van der Waals surface area contributed by atoms with E-state index >= 15 is 0 Å². The van der Waals surface area contributed by atoms with Crippen LogP contribution in [0.5, 0.6) is 0 Å². The molecule has 25 heavy (non-hydrogen) atoms. The van der Waals surface area contributed by atoms with Crippen molar-refractivity contribution in [1.29, 1.82) is 0 Å². The number of carbonyl (C=O) groups excluding carboxylic acids is 1. The SMILES string of the molecule is Cc1ccc(-c2nc(CCNC(=O)CCc3cccs3)c(C)o2)cc1. The molecule has 0 unspecified atom stereocenters. The van der Waals surface area contributed by atoms with Crippen LogP contribution in [0.25, 0.3) is 11.5 Å². The summed E-state index contributed by atoms with van der Waals surface area (Å²) in [4.78, 5) is 17.7. The van der Waals surface area contributed by atoms with Crippen molar-refractivity contribution in [2.75, 3.05) is 6.54 Å². The van der Waals surface area contributed by atoms with Crippen molar-refractivity contribution in [3.8, 4) is 11.5 Å². The maximum Gasteiger partial charge on any atom is 0.226 e. The Balaban J connectivity index is 1.49. The molecule has 0 aliphatic carbocycles. The second kappa shape index (κ2) is 8.12. The number of aromatic nitrogens is 1. The summed E-state index contributed by atoms with van der Waals surface area (Å²) in [6.07, 6.45) is 1.99. The number of nitrogens with zero attached hydrogens (tertiary/aromatic N) is 1. The second-order valence-corrected chi connectivity index (χ2v) is 7.10. The summed E-state index contributed by atoms with van der Waals surface area (Å²) in [5.41, 5.74) is 3.08. The molecule has 2 heterocycles. The van der Waals surface area contributed by atoms with E-state index in [1.807, 2.05) is 42.6 Å².